The summed E-state index contributed by atoms with van der Waals surface area (Å²) in [5.74, 6) is 0.277. The molecule has 120 valence electrons. The van der Waals surface area contributed by atoms with E-state index >= 15 is 0 Å². The molecule has 0 aliphatic rings. The topological polar surface area (TPSA) is 96.5 Å². The number of hydrogen-bond donors (Lipinski definition) is 1. The van der Waals surface area contributed by atoms with Gasteiger partial charge in [-0.3, -0.25) is 4.79 Å². The number of aromatic nitrogens is 4. The normalized spacial score (nSPS) is 12.0. The summed E-state index contributed by atoms with van der Waals surface area (Å²) >= 11 is 1.32. The molecule has 0 aliphatic heterocycles. The van der Waals surface area contributed by atoms with Crippen LogP contribution in [0.4, 0.5) is 5.69 Å². The van der Waals surface area contributed by atoms with Gasteiger partial charge >= 0.3 is 0 Å². The van der Waals surface area contributed by atoms with Gasteiger partial charge in [0.1, 0.15) is 0 Å². The smallest absolute Gasteiger partial charge is 0.237 e. The maximum atomic E-state index is 12.3. The van der Waals surface area contributed by atoms with Crippen LogP contribution in [-0.4, -0.2) is 31.4 Å². The molecule has 0 radical (unpaired) electrons. The van der Waals surface area contributed by atoms with E-state index in [9.17, 15) is 4.79 Å². The van der Waals surface area contributed by atoms with Crippen molar-refractivity contribution in [3.63, 3.8) is 0 Å². The molecule has 0 fully saturated rings. The summed E-state index contributed by atoms with van der Waals surface area (Å²) in [5, 5.41) is 23.5. The number of nitrogens with zero attached hydrogens (tertiary/aromatic N) is 5. The maximum absolute atomic E-state index is 12.3. The van der Waals surface area contributed by atoms with Gasteiger partial charge in [-0.05, 0) is 47.5 Å². The van der Waals surface area contributed by atoms with Crippen molar-refractivity contribution in [2.75, 3.05) is 5.32 Å². The van der Waals surface area contributed by atoms with Crippen molar-refractivity contribution in [2.24, 2.45) is 5.92 Å². The highest BCUT2D eigenvalue weighted by Gasteiger charge is 2.19. The summed E-state index contributed by atoms with van der Waals surface area (Å²) in [5.41, 5.74) is 1.21. The van der Waals surface area contributed by atoms with Crippen molar-refractivity contribution < 1.29 is 4.79 Å². The maximum Gasteiger partial charge on any atom is 0.237 e. The second kappa shape index (κ2) is 7.74. The van der Waals surface area contributed by atoms with Crippen LogP contribution in [0.15, 0.2) is 29.4 Å². The van der Waals surface area contributed by atoms with Crippen LogP contribution >= 0.6 is 11.8 Å². The molecule has 0 saturated carbocycles. The zero-order valence-corrected chi connectivity index (χ0v) is 14.0. The number of benzene rings is 1. The number of thioether (sulfide) groups is 1. The summed E-state index contributed by atoms with van der Waals surface area (Å²) in [6.45, 7) is 6.67. The summed E-state index contributed by atoms with van der Waals surface area (Å²) in [6, 6.07) is 8.78. The number of tetrazole rings is 1. The summed E-state index contributed by atoms with van der Waals surface area (Å²) in [4.78, 5) is 12.3. The molecule has 0 unspecified atom stereocenters. The molecular formula is C15H18N6OS. The van der Waals surface area contributed by atoms with Crippen LogP contribution in [0.2, 0.25) is 0 Å². The fourth-order valence-electron chi connectivity index (χ4n) is 1.82. The number of anilines is 1. The molecule has 1 heterocycles. The van der Waals surface area contributed by atoms with Gasteiger partial charge in [-0.2, -0.15) is 5.26 Å². The molecule has 1 atom stereocenters. The van der Waals surface area contributed by atoms with Gasteiger partial charge in [0.05, 0.1) is 16.9 Å². The minimum Gasteiger partial charge on any atom is -0.325 e. The van der Waals surface area contributed by atoms with E-state index < -0.39 is 0 Å². The van der Waals surface area contributed by atoms with Crippen LogP contribution in [0.3, 0.4) is 0 Å². The minimum absolute atomic E-state index is 0.140. The van der Waals surface area contributed by atoms with Crippen LogP contribution < -0.4 is 5.32 Å². The Morgan fingerprint density at radius 2 is 2.04 bits per heavy atom. The van der Waals surface area contributed by atoms with Crippen LogP contribution in [0.25, 0.3) is 0 Å². The summed E-state index contributed by atoms with van der Waals surface area (Å²) in [7, 11) is 0. The molecule has 8 heteroatoms. The molecule has 0 bridgehead atoms. The van der Waals surface area contributed by atoms with E-state index in [-0.39, 0.29) is 11.2 Å². The Kier molecular flexibility index (Phi) is 5.71. The van der Waals surface area contributed by atoms with Crippen molar-refractivity contribution >= 4 is 23.4 Å². The SMILES string of the molecule is CC(C)Cn1nnnc1S[C@H](C)C(=O)Nc1ccc(C#N)cc1. The molecule has 1 amide bonds. The molecule has 0 aliphatic carbocycles. The standard InChI is InChI=1S/C15H18N6OS/c1-10(2)9-21-15(18-19-20-21)23-11(3)14(22)17-13-6-4-12(8-16)5-7-13/h4-7,10-11H,9H2,1-3H3,(H,17,22)/t11-/m1/s1. The van der Waals surface area contributed by atoms with Crippen molar-refractivity contribution in [2.45, 2.75) is 37.7 Å². The predicted octanol–water partition coefficient (Wildman–Crippen LogP) is 2.32. The third-order valence-corrected chi connectivity index (χ3v) is 4.04. The number of nitriles is 1. The second-order valence-corrected chi connectivity index (χ2v) is 6.78. The first-order valence-corrected chi connectivity index (χ1v) is 8.11. The van der Waals surface area contributed by atoms with Crippen LogP contribution in [0.5, 0.6) is 0 Å². The van der Waals surface area contributed by atoms with Crippen molar-refractivity contribution in [3.8, 4) is 6.07 Å². The molecule has 2 aromatic rings. The first-order chi connectivity index (χ1) is 11.0. The number of amides is 1. The average molecular weight is 330 g/mol. The van der Waals surface area contributed by atoms with E-state index in [2.05, 4.69) is 34.7 Å². The van der Waals surface area contributed by atoms with Gasteiger partial charge < -0.3 is 5.32 Å². The number of rotatable bonds is 6. The largest absolute Gasteiger partial charge is 0.325 e. The molecule has 0 spiro atoms. The van der Waals surface area contributed by atoms with Gasteiger partial charge in [0.25, 0.3) is 0 Å². The Morgan fingerprint density at radius 3 is 2.65 bits per heavy atom. The molecule has 23 heavy (non-hydrogen) atoms. The number of hydrogen-bond acceptors (Lipinski definition) is 6. The fraction of sp³-hybridized carbons (Fsp3) is 0.400. The lowest BCUT2D eigenvalue weighted by atomic mass is 10.2. The monoisotopic (exact) mass is 330 g/mol. The lowest BCUT2D eigenvalue weighted by Gasteiger charge is -2.12. The van der Waals surface area contributed by atoms with E-state index in [1.165, 1.54) is 11.8 Å². The van der Waals surface area contributed by atoms with Gasteiger partial charge in [0.2, 0.25) is 11.1 Å². The second-order valence-electron chi connectivity index (χ2n) is 5.48. The first kappa shape index (κ1) is 17.0. The van der Waals surface area contributed by atoms with Gasteiger partial charge in [0.15, 0.2) is 0 Å². The number of carbonyl (C=O) groups is 1. The third kappa shape index (κ3) is 4.79. The molecule has 1 aromatic heterocycles. The highest BCUT2D eigenvalue weighted by Crippen LogP contribution is 2.22. The van der Waals surface area contributed by atoms with Gasteiger partial charge in [-0.15, -0.1) is 5.10 Å². The van der Waals surface area contributed by atoms with Gasteiger partial charge in [0, 0.05) is 12.2 Å². The zero-order chi connectivity index (χ0) is 16.8. The van der Waals surface area contributed by atoms with Crippen LogP contribution in [-0.2, 0) is 11.3 Å². The molecule has 7 nitrogen and oxygen atoms in total. The highest BCUT2D eigenvalue weighted by molar-refractivity contribution is 8.00. The fourth-order valence-corrected chi connectivity index (χ4v) is 2.62. The van der Waals surface area contributed by atoms with Crippen molar-refractivity contribution in [1.29, 1.82) is 5.26 Å². The van der Waals surface area contributed by atoms with Crippen LogP contribution in [0, 0.1) is 17.2 Å². The Bertz CT molecular complexity index is 704. The van der Waals surface area contributed by atoms with E-state index in [4.69, 9.17) is 5.26 Å². The Morgan fingerprint density at radius 1 is 1.35 bits per heavy atom. The zero-order valence-electron chi connectivity index (χ0n) is 13.2. The Hall–Kier alpha value is -2.40. The molecule has 1 N–H and O–H groups in total. The number of carbonyl (C=O) groups excluding carboxylic acids is 1. The molecule has 0 saturated heterocycles. The van der Waals surface area contributed by atoms with E-state index in [1.807, 2.05) is 6.07 Å². The van der Waals surface area contributed by atoms with Crippen molar-refractivity contribution in [3.05, 3.63) is 29.8 Å². The summed E-state index contributed by atoms with van der Waals surface area (Å²) in [6.07, 6.45) is 0. The minimum atomic E-state index is -0.345. The van der Waals surface area contributed by atoms with E-state index in [0.717, 1.165) is 0 Å². The van der Waals surface area contributed by atoms with Gasteiger partial charge in [-0.25, -0.2) is 4.68 Å². The number of nitrogens with one attached hydrogen (secondary N) is 1. The van der Waals surface area contributed by atoms with E-state index in [0.29, 0.717) is 28.9 Å². The molecule has 1 aromatic carbocycles. The third-order valence-electron chi connectivity index (χ3n) is 2.97. The van der Waals surface area contributed by atoms with Crippen LogP contribution in [0.1, 0.15) is 26.3 Å². The van der Waals surface area contributed by atoms with Gasteiger partial charge in [-0.1, -0.05) is 25.6 Å². The molecule has 2 rings (SSSR count). The average Bonchev–Trinajstić information content (AvgIpc) is 2.94. The predicted molar refractivity (Wildman–Crippen MR) is 87.8 cm³/mol. The van der Waals surface area contributed by atoms with Crippen molar-refractivity contribution in [1.82, 2.24) is 20.2 Å². The Balaban J connectivity index is 1.97. The lowest BCUT2D eigenvalue weighted by molar-refractivity contribution is -0.115. The quantitative estimate of drug-likeness (QED) is 0.817. The lowest BCUT2D eigenvalue weighted by Crippen LogP contribution is -2.23. The molecular weight excluding hydrogens is 312 g/mol. The first-order valence-electron chi connectivity index (χ1n) is 7.23. The summed E-state index contributed by atoms with van der Waals surface area (Å²) < 4.78 is 1.71. The Labute approximate surface area is 139 Å². The van der Waals surface area contributed by atoms with E-state index in [1.54, 1.807) is 35.9 Å². The highest BCUT2D eigenvalue weighted by atomic mass is 32.2.